The number of aromatic nitrogens is 3. The molecule has 0 bridgehead atoms. The molecule has 3 rings (SSSR count). The monoisotopic (exact) mass is 254 g/mol. The number of nitrogens with zero attached hydrogens (tertiary/aromatic N) is 3. The van der Waals surface area contributed by atoms with Crippen molar-refractivity contribution in [2.24, 2.45) is 0 Å². The number of phenols is 1. The van der Waals surface area contributed by atoms with Crippen molar-refractivity contribution in [3.05, 3.63) is 42.6 Å². The predicted molar refractivity (Wildman–Crippen MR) is 69.0 cm³/mol. The van der Waals surface area contributed by atoms with Crippen LogP contribution in [0.3, 0.4) is 0 Å². The minimum atomic E-state index is 0.150. The van der Waals surface area contributed by atoms with E-state index in [1.807, 2.05) is 0 Å². The second-order valence-electron chi connectivity index (χ2n) is 3.94. The Morgan fingerprint density at radius 3 is 2.79 bits per heavy atom. The number of nitrogen functional groups attached to an aromatic ring is 1. The maximum absolute atomic E-state index is 9.42. The first kappa shape index (κ1) is 11.2. The van der Waals surface area contributed by atoms with Crippen LogP contribution in [0.2, 0.25) is 0 Å². The van der Waals surface area contributed by atoms with E-state index in [1.54, 1.807) is 42.6 Å². The van der Waals surface area contributed by atoms with Crippen LogP contribution in [0, 0.1) is 0 Å². The fourth-order valence-corrected chi connectivity index (χ4v) is 1.68. The summed E-state index contributed by atoms with van der Waals surface area (Å²) in [6, 6.07) is 10.0. The molecular weight excluding hydrogens is 244 g/mol. The Hall–Kier alpha value is -2.89. The van der Waals surface area contributed by atoms with E-state index in [2.05, 4.69) is 15.1 Å². The van der Waals surface area contributed by atoms with Gasteiger partial charge in [0.15, 0.2) is 0 Å². The Labute approximate surface area is 108 Å². The molecule has 0 aliphatic heterocycles. The summed E-state index contributed by atoms with van der Waals surface area (Å²) >= 11 is 0. The number of benzene rings is 1. The third kappa shape index (κ3) is 2.23. The molecule has 0 aliphatic rings. The lowest BCUT2D eigenvalue weighted by molar-refractivity contribution is 0.432. The Bertz CT molecular complexity index is 664. The molecule has 6 nitrogen and oxygen atoms in total. The zero-order chi connectivity index (χ0) is 13.2. The number of rotatable bonds is 2. The van der Waals surface area contributed by atoms with Gasteiger partial charge in [0, 0.05) is 17.3 Å². The van der Waals surface area contributed by atoms with Crippen molar-refractivity contribution < 1.29 is 9.63 Å². The second kappa shape index (κ2) is 4.41. The van der Waals surface area contributed by atoms with Crippen molar-refractivity contribution in [2.45, 2.75) is 0 Å². The molecule has 0 radical (unpaired) electrons. The summed E-state index contributed by atoms with van der Waals surface area (Å²) in [6.07, 6.45) is 1.57. The first-order valence-electron chi connectivity index (χ1n) is 5.57. The Kier molecular flexibility index (Phi) is 2.60. The van der Waals surface area contributed by atoms with Crippen LogP contribution in [0.1, 0.15) is 0 Å². The van der Waals surface area contributed by atoms with E-state index in [4.69, 9.17) is 10.3 Å². The Morgan fingerprint density at radius 2 is 2.00 bits per heavy atom. The normalized spacial score (nSPS) is 10.5. The first-order valence-corrected chi connectivity index (χ1v) is 5.57. The van der Waals surface area contributed by atoms with Crippen LogP contribution < -0.4 is 5.73 Å². The molecule has 0 amide bonds. The van der Waals surface area contributed by atoms with Crippen molar-refractivity contribution in [2.75, 3.05) is 5.73 Å². The van der Waals surface area contributed by atoms with E-state index in [-0.39, 0.29) is 5.75 Å². The first-order chi connectivity index (χ1) is 9.22. The van der Waals surface area contributed by atoms with Gasteiger partial charge in [0.05, 0.1) is 0 Å². The van der Waals surface area contributed by atoms with Gasteiger partial charge in [-0.25, -0.2) is 4.98 Å². The number of nitrogens with two attached hydrogens (primary N) is 1. The molecule has 0 unspecified atom stereocenters. The molecule has 6 heteroatoms. The van der Waals surface area contributed by atoms with Crippen molar-refractivity contribution in [1.82, 2.24) is 15.1 Å². The fourth-order valence-electron chi connectivity index (χ4n) is 1.68. The van der Waals surface area contributed by atoms with Crippen LogP contribution in [0.5, 0.6) is 5.75 Å². The average molecular weight is 254 g/mol. The van der Waals surface area contributed by atoms with Gasteiger partial charge in [-0.05, 0) is 24.3 Å². The number of aromatic hydroxyl groups is 1. The molecule has 0 spiro atoms. The zero-order valence-corrected chi connectivity index (χ0v) is 9.82. The summed E-state index contributed by atoms with van der Waals surface area (Å²) in [5, 5.41) is 13.3. The molecule has 0 fully saturated rings. The third-order valence-corrected chi connectivity index (χ3v) is 2.56. The van der Waals surface area contributed by atoms with Gasteiger partial charge in [-0.1, -0.05) is 17.3 Å². The van der Waals surface area contributed by atoms with Crippen LogP contribution in [0.25, 0.3) is 22.8 Å². The predicted octanol–water partition coefficient (Wildman–Crippen LogP) is 2.09. The standard InChI is InChI=1S/C13H10N4O2/c14-11-7-9(4-5-15-11)13-16-12(17-19-13)8-2-1-3-10(18)6-8/h1-7,18H,(H2,14,15). The topological polar surface area (TPSA) is 98.1 Å². The Morgan fingerprint density at radius 1 is 1.11 bits per heavy atom. The van der Waals surface area contributed by atoms with Crippen LogP contribution in [-0.4, -0.2) is 20.2 Å². The summed E-state index contributed by atoms with van der Waals surface area (Å²) in [5.41, 5.74) is 6.98. The van der Waals surface area contributed by atoms with E-state index >= 15 is 0 Å². The molecule has 0 saturated heterocycles. The summed E-state index contributed by atoms with van der Waals surface area (Å²) in [5.74, 6) is 1.29. The molecule has 0 saturated carbocycles. The maximum atomic E-state index is 9.42. The molecule has 1 aromatic carbocycles. The van der Waals surface area contributed by atoms with E-state index in [0.717, 1.165) is 0 Å². The molecular formula is C13H10N4O2. The quantitative estimate of drug-likeness (QED) is 0.726. The van der Waals surface area contributed by atoms with Crippen LogP contribution in [0.4, 0.5) is 5.82 Å². The fraction of sp³-hybridized carbons (Fsp3) is 0. The highest BCUT2D eigenvalue weighted by Crippen LogP contribution is 2.24. The zero-order valence-electron chi connectivity index (χ0n) is 9.82. The van der Waals surface area contributed by atoms with Gasteiger partial charge >= 0.3 is 0 Å². The van der Waals surface area contributed by atoms with Crippen LogP contribution in [0.15, 0.2) is 47.1 Å². The van der Waals surface area contributed by atoms with E-state index in [1.165, 1.54) is 0 Å². The molecule has 19 heavy (non-hydrogen) atoms. The molecule has 2 aromatic heterocycles. The van der Waals surface area contributed by atoms with Crippen molar-refractivity contribution in [3.63, 3.8) is 0 Å². The van der Waals surface area contributed by atoms with Gasteiger partial charge in [-0.2, -0.15) is 4.98 Å². The third-order valence-electron chi connectivity index (χ3n) is 2.56. The number of hydrogen-bond acceptors (Lipinski definition) is 6. The molecule has 3 aromatic rings. The average Bonchev–Trinajstić information content (AvgIpc) is 2.88. The van der Waals surface area contributed by atoms with Crippen LogP contribution in [-0.2, 0) is 0 Å². The lowest BCUT2D eigenvalue weighted by atomic mass is 10.2. The number of anilines is 1. The summed E-state index contributed by atoms with van der Waals surface area (Å²) in [7, 11) is 0. The minimum absolute atomic E-state index is 0.150. The van der Waals surface area contributed by atoms with Gasteiger partial charge in [-0.15, -0.1) is 0 Å². The lowest BCUT2D eigenvalue weighted by Gasteiger charge is -1.95. The van der Waals surface area contributed by atoms with E-state index < -0.39 is 0 Å². The van der Waals surface area contributed by atoms with Gasteiger partial charge in [0.1, 0.15) is 11.6 Å². The van der Waals surface area contributed by atoms with E-state index in [0.29, 0.717) is 28.7 Å². The van der Waals surface area contributed by atoms with Crippen molar-refractivity contribution in [3.8, 4) is 28.6 Å². The van der Waals surface area contributed by atoms with E-state index in [9.17, 15) is 5.11 Å². The largest absolute Gasteiger partial charge is 0.508 e. The van der Waals surface area contributed by atoms with Gasteiger partial charge in [-0.3, -0.25) is 0 Å². The highest BCUT2D eigenvalue weighted by atomic mass is 16.5. The second-order valence-corrected chi connectivity index (χ2v) is 3.94. The summed E-state index contributed by atoms with van der Waals surface area (Å²) < 4.78 is 5.17. The maximum Gasteiger partial charge on any atom is 0.258 e. The number of hydrogen-bond donors (Lipinski definition) is 2. The highest BCUT2D eigenvalue weighted by Gasteiger charge is 2.11. The minimum Gasteiger partial charge on any atom is -0.508 e. The number of phenolic OH excluding ortho intramolecular Hbond substituents is 1. The van der Waals surface area contributed by atoms with Gasteiger partial charge in [0.2, 0.25) is 5.82 Å². The van der Waals surface area contributed by atoms with Crippen LogP contribution >= 0.6 is 0 Å². The molecule has 0 atom stereocenters. The molecule has 94 valence electrons. The highest BCUT2D eigenvalue weighted by molar-refractivity contribution is 5.62. The smallest absolute Gasteiger partial charge is 0.258 e. The number of pyridine rings is 1. The van der Waals surface area contributed by atoms with Crippen molar-refractivity contribution >= 4 is 5.82 Å². The summed E-state index contributed by atoms with van der Waals surface area (Å²) in [6.45, 7) is 0. The molecule has 3 N–H and O–H groups in total. The molecule has 2 heterocycles. The Balaban J connectivity index is 2.00. The summed E-state index contributed by atoms with van der Waals surface area (Å²) in [4.78, 5) is 8.16. The van der Waals surface area contributed by atoms with Gasteiger partial charge in [0.25, 0.3) is 5.89 Å². The SMILES string of the molecule is Nc1cc(-c2nc(-c3cccc(O)c3)no2)ccn1. The lowest BCUT2D eigenvalue weighted by Crippen LogP contribution is -1.89. The van der Waals surface area contributed by atoms with Crippen molar-refractivity contribution in [1.29, 1.82) is 0 Å². The molecule has 0 aliphatic carbocycles. The van der Waals surface area contributed by atoms with Gasteiger partial charge < -0.3 is 15.4 Å².